The number of amides is 4. The third-order valence-corrected chi connectivity index (χ3v) is 11.0. The van der Waals surface area contributed by atoms with Crippen LogP contribution >= 0.6 is 0 Å². The van der Waals surface area contributed by atoms with Crippen LogP contribution in [0.5, 0.6) is 0 Å². The summed E-state index contributed by atoms with van der Waals surface area (Å²) in [6.45, 7) is 11.1. The van der Waals surface area contributed by atoms with Crippen LogP contribution in [-0.2, 0) is 24.3 Å². The van der Waals surface area contributed by atoms with Gasteiger partial charge in [0.25, 0.3) is 11.5 Å². The number of aryl methyl sites for hydroxylation is 2. The number of H-pyrrole nitrogens is 1. The number of pyridine rings is 2. The molecule has 3 aromatic heterocycles. The van der Waals surface area contributed by atoms with Crippen molar-refractivity contribution in [1.82, 2.24) is 35.3 Å². The molecule has 0 saturated carbocycles. The van der Waals surface area contributed by atoms with Crippen LogP contribution in [-0.4, -0.2) is 75.2 Å². The molecule has 0 bridgehead atoms. The Bertz CT molecular complexity index is 2300. The number of imide groups is 1. The molecule has 7 rings (SSSR count). The van der Waals surface area contributed by atoms with Gasteiger partial charge < -0.3 is 15.2 Å². The summed E-state index contributed by atoms with van der Waals surface area (Å²) in [7, 11) is 2.15. The molecular formula is C43H51N9O4. The molecule has 2 aliphatic heterocycles. The summed E-state index contributed by atoms with van der Waals surface area (Å²) in [6, 6.07) is 18.2. The highest BCUT2D eigenvalue weighted by atomic mass is 16.2. The lowest BCUT2D eigenvalue weighted by atomic mass is 10.00. The summed E-state index contributed by atoms with van der Waals surface area (Å²) >= 11 is 0. The Kier molecular flexibility index (Phi) is 11.3. The third-order valence-electron chi connectivity index (χ3n) is 11.0. The van der Waals surface area contributed by atoms with Crippen LogP contribution in [0.2, 0.25) is 0 Å². The number of aromatic amines is 1. The van der Waals surface area contributed by atoms with Gasteiger partial charge in [0, 0.05) is 85.3 Å². The van der Waals surface area contributed by atoms with Gasteiger partial charge in [-0.15, -0.1) is 0 Å². The maximum Gasteiger partial charge on any atom is 0.328 e. The number of hydrogen-bond donors (Lipinski definition) is 3. The van der Waals surface area contributed by atoms with Crippen molar-refractivity contribution in [2.24, 2.45) is 0 Å². The quantitative estimate of drug-likeness (QED) is 0.138. The minimum atomic E-state index is -0.373. The number of piperidine rings is 1. The second kappa shape index (κ2) is 16.5. The molecule has 2 aromatic carbocycles. The number of aromatic nitrogens is 4. The van der Waals surface area contributed by atoms with E-state index in [4.69, 9.17) is 4.98 Å². The fourth-order valence-corrected chi connectivity index (χ4v) is 7.98. The van der Waals surface area contributed by atoms with Crippen molar-refractivity contribution in [3.63, 3.8) is 0 Å². The number of carbonyl (C=O) groups excluding carboxylic acids is 3. The van der Waals surface area contributed by atoms with Crippen LogP contribution in [0.1, 0.15) is 85.2 Å². The Labute approximate surface area is 327 Å². The van der Waals surface area contributed by atoms with Crippen molar-refractivity contribution in [2.75, 3.05) is 36.5 Å². The number of hydrogen-bond acceptors (Lipinski definition) is 8. The Balaban J connectivity index is 1.03. The fourth-order valence-electron chi connectivity index (χ4n) is 7.98. The minimum Gasteiger partial charge on any atom is -0.357 e. The Morgan fingerprint density at radius 1 is 1.00 bits per heavy atom. The summed E-state index contributed by atoms with van der Waals surface area (Å²) < 4.78 is 1.93. The van der Waals surface area contributed by atoms with Crippen molar-refractivity contribution in [3.05, 3.63) is 105 Å². The SMILES string of the molecule is CCCc1cc(C)[nH]c(=O)c1CNC(=O)c1cc(-c2ccc(N3CCC(N(C)Cc4cccc(N5CCC(=O)NC5=O)c4)CC3)nc2)cc2c1cnn2C(C)C. The van der Waals surface area contributed by atoms with Crippen molar-refractivity contribution in [1.29, 1.82) is 0 Å². The summed E-state index contributed by atoms with van der Waals surface area (Å²) in [5.74, 6) is 0.414. The zero-order chi connectivity index (χ0) is 39.5. The molecule has 4 amide bonds. The van der Waals surface area contributed by atoms with E-state index in [1.54, 1.807) is 11.1 Å². The number of nitrogens with zero attached hydrogens (tertiary/aromatic N) is 6. The topological polar surface area (TPSA) is 149 Å². The molecule has 13 heteroatoms. The summed E-state index contributed by atoms with van der Waals surface area (Å²) in [5, 5.41) is 10.8. The highest BCUT2D eigenvalue weighted by Gasteiger charge is 2.26. The van der Waals surface area contributed by atoms with Crippen LogP contribution in [0.3, 0.4) is 0 Å². The number of nitrogens with one attached hydrogen (secondary N) is 3. The van der Waals surface area contributed by atoms with E-state index >= 15 is 0 Å². The van der Waals surface area contributed by atoms with Gasteiger partial charge in [0.1, 0.15) is 5.82 Å². The molecule has 2 fully saturated rings. The van der Waals surface area contributed by atoms with Crippen molar-refractivity contribution < 1.29 is 14.4 Å². The highest BCUT2D eigenvalue weighted by molar-refractivity contribution is 6.08. The molecule has 0 aliphatic carbocycles. The van der Waals surface area contributed by atoms with E-state index in [0.717, 1.165) is 95.7 Å². The second-order valence-corrected chi connectivity index (χ2v) is 15.3. The predicted molar refractivity (Wildman–Crippen MR) is 219 cm³/mol. The molecule has 2 saturated heterocycles. The van der Waals surface area contributed by atoms with Gasteiger partial charge in [-0.1, -0.05) is 25.5 Å². The summed E-state index contributed by atoms with van der Waals surface area (Å²) in [5.41, 5.74) is 7.21. The van der Waals surface area contributed by atoms with Crippen molar-refractivity contribution >= 4 is 40.3 Å². The number of anilines is 2. The maximum atomic E-state index is 13.9. The Hall–Kier alpha value is -5.82. The van der Waals surface area contributed by atoms with Gasteiger partial charge in [0.05, 0.1) is 17.3 Å². The van der Waals surface area contributed by atoms with Gasteiger partial charge in [-0.25, -0.2) is 9.78 Å². The first-order valence-electron chi connectivity index (χ1n) is 19.6. The molecule has 2 aliphatic rings. The number of benzene rings is 2. The third kappa shape index (κ3) is 8.23. The molecule has 56 heavy (non-hydrogen) atoms. The molecule has 5 heterocycles. The van der Waals surface area contributed by atoms with Gasteiger partial charge in [0.15, 0.2) is 0 Å². The maximum absolute atomic E-state index is 13.9. The zero-order valence-corrected chi connectivity index (χ0v) is 32.9. The number of carbonyl (C=O) groups is 3. The average Bonchev–Trinajstić information content (AvgIpc) is 3.62. The van der Waals surface area contributed by atoms with Crippen LogP contribution in [0.15, 0.2) is 71.8 Å². The number of rotatable bonds is 12. The lowest BCUT2D eigenvalue weighted by molar-refractivity contribution is -0.120. The molecule has 0 atom stereocenters. The van der Waals surface area contributed by atoms with E-state index in [-0.39, 0.29) is 36.0 Å². The van der Waals surface area contributed by atoms with E-state index < -0.39 is 0 Å². The largest absolute Gasteiger partial charge is 0.357 e. The molecule has 0 spiro atoms. The predicted octanol–water partition coefficient (Wildman–Crippen LogP) is 6.11. The lowest BCUT2D eigenvalue weighted by Gasteiger charge is -2.37. The Morgan fingerprint density at radius 3 is 2.52 bits per heavy atom. The van der Waals surface area contributed by atoms with Gasteiger partial charge in [0.2, 0.25) is 5.91 Å². The van der Waals surface area contributed by atoms with E-state index in [1.807, 2.05) is 48.1 Å². The molecule has 0 unspecified atom stereocenters. The molecule has 5 aromatic rings. The van der Waals surface area contributed by atoms with Gasteiger partial charge in [-0.05, 0) is 106 Å². The summed E-state index contributed by atoms with van der Waals surface area (Å²) in [4.78, 5) is 64.8. The average molecular weight is 758 g/mol. The smallest absolute Gasteiger partial charge is 0.328 e. The van der Waals surface area contributed by atoms with E-state index in [2.05, 4.69) is 82.6 Å². The molecule has 3 N–H and O–H groups in total. The first kappa shape index (κ1) is 38.5. The van der Waals surface area contributed by atoms with Crippen LogP contribution in [0, 0.1) is 6.92 Å². The monoisotopic (exact) mass is 757 g/mol. The fraction of sp³-hybridized carbons (Fsp3) is 0.395. The van der Waals surface area contributed by atoms with Crippen molar-refractivity contribution in [3.8, 4) is 11.1 Å². The lowest BCUT2D eigenvalue weighted by Crippen LogP contribution is -2.49. The first-order valence-corrected chi connectivity index (χ1v) is 19.6. The molecule has 13 nitrogen and oxygen atoms in total. The van der Waals surface area contributed by atoms with Crippen molar-refractivity contribution in [2.45, 2.75) is 85.0 Å². The van der Waals surface area contributed by atoms with Crippen LogP contribution in [0.4, 0.5) is 16.3 Å². The molecule has 0 radical (unpaired) electrons. The normalized spacial score (nSPS) is 15.3. The standard InChI is InChI=1S/C43H51N9O4/c1-6-8-30-19-28(4)47-42(55)36(30)24-45-41(54)35-21-32(22-38-37(35)25-46-52(38)27(2)3)31-11-12-39(44-23-31)50-16-13-33(14-17-50)49(5)26-29-9-7-10-34(20-29)51-18-15-40(53)48-43(51)56/h7,9-12,19-23,25,27,33H,6,8,13-18,24,26H2,1-5H3,(H,45,54)(H,47,55)(H,48,53,56). The van der Waals surface area contributed by atoms with E-state index in [0.29, 0.717) is 30.1 Å². The van der Waals surface area contributed by atoms with Gasteiger partial charge in [-0.2, -0.15) is 5.10 Å². The van der Waals surface area contributed by atoms with E-state index in [1.165, 1.54) is 0 Å². The van der Waals surface area contributed by atoms with Crippen LogP contribution in [0.25, 0.3) is 22.0 Å². The van der Waals surface area contributed by atoms with Gasteiger partial charge in [-0.3, -0.25) is 34.2 Å². The van der Waals surface area contributed by atoms with E-state index in [9.17, 15) is 19.2 Å². The van der Waals surface area contributed by atoms with Crippen LogP contribution < -0.4 is 26.0 Å². The first-order chi connectivity index (χ1) is 27.0. The minimum absolute atomic E-state index is 0.0878. The van der Waals surface area contributed by atoms with Gasteiger partial charge >= 0.3 is 6.03 Å². The zero-order valence-electron chi connectivity index (χ0n) is 32.9. The molecule has 292 valence electrons. The number of fused-ring (bicyclic) bond motifs is 1. The Morgan fingerprint density at radius 2 is 1.80 bits per heavy atom. The highest BCUT2D eigenvalue weighted by Crippen LogP contribution is 2.31. The summed E-state index contributed by atoms with van der Waals surface area (Å²) in [6.07, 6.45) is 7.55. The molecular weight excluding hydrogens is 707 g/mol. The second-order valence-electron chi connectivity index (χ2n) is 15.3. The number of urea groups is 1.